The number of halogens is 2. The molecule has 2 aromatic rings. The van der Waals surface area contributed by atoms with Crippen LogP contribution in [-0.4, -0.2) is 27.9 Å². The Hall–Kier alpha value is -2.34. The molecule has 0 saturated carbocycles. The number of hydrogen-bond donors (Lipinski definition) is 1. The summed E-state index contributed by atoms with van der Waals surface area (Å²) in [6.07, 6.45) is -1.99. The molecule has 2 aromatic carbocycles. The van der Waals surface area contributed by atoms with Gasteiger partial charge in [0, 0.05) is 12.1 Å². The van der Waals surface area contributed by atoms with Crippen molar-refractivity contribution in [1.29, 1.82) is 0 Å². The summed E-state index contributed by atoms with van der Waals surface area (Å²) >= 11 is 0. The summed E-state index contributed by atoms with van der Waals surface area (Å²) < 4.78 is 41.8. The van der Waals surface area contributed by atoms with E-state index in [0.717, 1.165) is 16.9 Å². The highest BCUT2D eigenvalue weighted by Crippen LogP contribution is 2.35. The molecule has 0 fully saturated rings. The maximum Gasteiger partial charge on any atom is 0.267 e. The molecule has 0 spiro atoms. The summed E-state index contributed by atoms with van der Waals surface area (Å²) in [4.78, 5) is 0. The molecular formula is C19H23F2NO3. The molecule has 0 bridgehead atoms. The van der Waals surface area contributed by atoms with Crippen LogP contribution >= 0.6 is 0 Å². The molecule has 0 aromatic heterocycles. The first kappa shape index (κ1) is 19.0. The van der Waals surface area contributed by atoms with E-state index in [1.807, 2.05) is 24.3 Å². The highest BCUT2D eigenvalue weighted by atomic mass is 19.3. The van der Waals surface area contributed by atoms with Gasteiger partial charge in [-0.25, -0.2) is 8.78 Å². The van der Waals surface area contributed by atoms with Crippen LogP contribution in [0.2, 0.25) is 0 Å². The number of alkyl halides is 2. The summed E-state index contributed by atoms with van der Waals surface area (Å²) in [5, 5.41) is 3.33. The van der Waals surface area contributed by atoms with Crippen LogP contribution in [0.3, 0.4) is 0 Å². The maximum atomic E-state index is 13.1. The zero-order chi connectivity index (χ0) is 18.2. The fraction of sp³-hybridized carbons (Fsp3) is 0.368. The van der Waals surface area contributed by atoms with Gasteiger partial charge in [0.15, 0.2) is 0 Å². The van der Waals surface area contributed by atoms with Crippen molar-refractivity contribution in [3.05, 3.63) is 53.1 Å². The van der Waals surface area contributed by atoms with Gasteiger partial charge in [-0.2, -0.15) is 0 Å². The second-order valence-corrected chi connectivity index (χ2v) is 5.45. The smallest absolute Gasteiger partial charge is 0.267 e. The lowest BCUT2D eigenvalue weighted by molar-refractivity contribution is 0.146. The van der Waals surface area contributed by atoms with Crippen molar-refractivity contribution in [2.75, 3.05) is 27.9 Å². The van der Waals surface area contributed by atoms with Gasteiger partial charge in [-0.05, 0) is 36.7 Å². The normalized spacial score (nSPS) is 10.8. The second-order valence-electron chi connectivity index (χ2n) is 5.45. The van der Waals surface area contributed by atoms with Crippen LogP contribution < -0.4 is 19.5 Å². The molecule has 0 amide bonds. The van der Waals surface area contributed by atoms with E-state index in [1.54, 1.807) is 13.2 Å². The van der Waals surface area contributed by atoms with E-state index < -0.39 is 6.43 Å². The minimum atomic E-state index is -2.61. The molecule has 0 saturated heterocycles. The van der Waals surface area contributed by atoms with Crippen molar-refractivity contribution in [3.8, 4) is 17.2 Å². The Morgan fingerprint density at radius 2 is 1.56 bits per heavy atom. The van der Waals surface area contributed by atoms with Crippen molar-refractivity contribution in [1.82, 2.24) is 5.32 Å². The Balaban J connectivity index is 2.02. The molecule has 4 nitrogen and oxygen atoms in total. The Morgan fingerprint density at radius 3 is 2.20 bits per heavy atom. The molecule has 6 heteroatoms. The van der Waals surface area contributed by atoms with E-state index in [9.17, 15) is 8.78 Å². The zero-order valence-corrected chi connectivity index (χ0v) is 14.6. The average Bonchev–Trinajstić information content (AvgIpc) is 2.64. The Labute approximate surface area is 146 Å². The molecule has 0 heterocycles. The Kier molecular flexibility index (Phi) is 7.01. The first-order valence-corrected chi connectivity index (χ1v) is 7.96. The third kappa shape index (κ3) is 4.82. The van der Waals surface area contributed by atoms with E-state index in [1.165, 1.54) is 20.3 Å². The predicted molar refractivity (Wildman–Crippen MR) is 92.9 cm³/mol. The van der Waals surface area contributed by atoms with Crippen LogP contribution in [0.4, 0.5) is 8.78 Å². The lowest BCUT2D eigenvalue weighted by Crippen LogP contribution is -2.17. The summed E-state index contributed by atoms with van der Waals surface area (Å²) in [7, 11) is 4.50. The van der Waals surface area contributed by atoms with Crippen molar-refractivity contribution >= 4 is 0 Å². The Bertz CT molecular complexity index is 692. The van der Waals surface area contributed by atoms with Gasteiger partial charge in [0.05, 0.1) is 26.9 Å². The van der Waals surface area contributed by atoms with E-state index in [0.29, 0.717) is 25.3 Å². The van der Waals surface area contributed by atoms with E-state index in [-0.39, 0.29) is 11.3 Å². The van der Waals surface area contributed by atoms with Crippen molar-refractivity contribution in [2.24, 2.45) is 0 Å². The first-order chi connectivity index (χ1) is 12.1. The molecule has 0 atom stereocenters. The van der Waals surface area contributed by atoms with Crippen LogP contribution in [0.1, 0.15) is 23.1 Å². The van der Waals surface area contributed by atoms with Gasteiger partial charge >= 0.3 is 0 Å². The van der Waals surface area contributed by atoms with Crippen LogP contribution in [-0.2, 0) is 13.0 Å². The van der Waals surface area contributed by atoms with Crippen molar-refractivity contribution in [3.63, 3.8) is 0 Å². The third-order valence-electron chi connectivity index (χ3n) is 3.95. The topological polar surface area (TPSA) is 39.7 Å². The lowest BCUT2D eigenvalue weighted by Gasteiger charge is -2.15. The standard InChI is InChI=1S/C19H23F2NO3/c1-23-16-7-5-4-6-14(16)12-22-9-8-13-10-18(25-3)15(19(20)21)11-17(13)24-2/h4-7,10-11,19,22H,8-9,12H2,1-3H3. The number of benzene rings is 2. The van der Waals surface area contributed by atoms with Gasteiger partial charge in [-0.3, -0.25) is 0 Å². The molecule has 25 heavy (non-hydrogen) atoms. The number of hydrogen-bond acceptors (Lipinski definition) is 4. The predicted octanol–water partition coefficient (Wildman–Crippen LogP) is 3.98. The Morgan fingerprint density at radius 1 is 0.880 bits per heavy atom. The fourth-order valence-corrected chi connectivity index (χ4v) is 2.65. The summed E-state index contributed by atoms with van der Waals surface area (Å²) in [5.41, 5.74) is 1.71. The van der Waals surface area contributed by atoms with E-state index >= 15 is 0 Å². The van der Waals surface area contributed by atoms with Crippen LogP contribution in [0.25, 0.3) is 0 Å². The fourth-order valence-electron chi connectivity index (χ4n) is 2.65. The van der Waals surface area contributed by atoms with Crippen LogP contribution in [0, 0.1) is 0 Å². The molecule has 136 valence electrons. The summed E-state index contributed by atoms with van der Waals surface area (Å²) in [5.74, 6) is 1.45. The van der Waals surface area contributed by atoms with Crippen LogP contribution in [0.15, 0.2) is 36.4 Å². The van der Waals surface area contributed by atoms with Gasteiger partial charge in [0.25, 0.3) is 6.43 Å². The van der Waals surface area contributed by atoms with Crippen molar-refractivity contribution in [2.45, 2.75) is 19.4 Å². The minimum Gasteiger partial charge on any atom is -0.496 e. The van der Waals surface area contributed by atoms with Gasteiger partial charge in [-0.15, -0.1) is 0 Å². The molecule has 2 rings (SSSR count). The molecule has 1 N–H and O–H groups in total. The van der Waals surface area contributed by atoms with Crippen LogP contribution in [0.5, 0.6) is 17.2 Å². The van der Waals surface area contributed by atoms with Gasteiger partial charge in [0.1, 0.15) is 17.2 Å². The largest absolute Gasteiger partial charge is 0.496 e. The summed E-state index contributed by atoms with van der Waals surface area (Å²) in [6.45, 7) is 1.31. The lowest BCUT2D eigenvalue weighted by atomic mass is 10.1. The highest BCUT2D eigenvalue weighted by Gasteiger charge is 2.18. The minimum absolute atomic E-state index is 0.162. The number of methoxy groups -OCH3 is 3. The number of nitrogens with one attached hydrogen (secondary N) is 1. The number of rotatable bonds is 9. The monoisotopic (exact) mass is 351 g/mol. The first-order valence-electron chi connectivity index (χ1n) is 7.96. The molecular weight excluding hydrogens is 328 g/mol. The molecule has 0 unspecified atom stereocenters. The maximum absolute atomic E-state index is 13.1. The van der Waals surface area contributed by atoms with Gasteiger partial charge < -0.3 is 19.5 Å². The third-order valence-corrected chi connectivity index (χ3v) is 3.95. The summed E-state index contributed by atoms with van der Waals surface area (Å²) in [6, 6.07) is 10.7. The van der Waals surface area contributed by atoms with E-state index in [2.05, 4.69) is 5.32 Å². The number of ether oxygens (including phenoxy) is 3. The zero-order valence-electron chi connectivity index (χ0n) is 14.6. The highest BCUT2D eigenvalue weighted by molar-refractivity contribution is 5.47. The molecule has 0 aliphatic rings. The number of para-hydroxylation sites is 1. The van der Waals surface area contributed by atoms with Gasteiger partial charge in [-0.1, -0.05) is 18.2 Å². The molecule has 0 radical (unpaired) electrons. The van der Waals surface area contributed by atoms with Crippen molar-refractivity contribution < 1.29 is 23.0 Å². The second kappa shape index (κ2) is 9.22. The van der Waals surface area contributed by atoms with Gasteiger partial charge in [0.2, 0.25) is 0 Å². The molecule has 0 aliphatic carbocycles. The molecule has 0 aliphatic heterocycles. The van der Waals surface area contributed by atoms with E-state index in [4.69, 9.17) is 14.2 Å². The SMILES string of the molecule is COc1cc(C(F)F)c(OC)cc1CCNCc1ccccc1OC. The quantitative estimate of drug-likeness (QED) is 0.694. The average molecular weight is 351 g/mol.